The smallest absolute Gasteiger partial charge is 0.243 e. The van der Waals surface area contributed by atoms with Crippen LogP contribution in [0.3, 0.4) is 0 Å². The highest BCUT2D eigenvalue weighted by Crippen LogP contribution is 2.19. The van der Waals surface area contributed by atoms with Gasteiger partial charge in [0.25, 0.3) is 0 Å². The molecule has 0 saturated carbocycles. The summed E-state index contributed by atoms with van der Waals surface area (Å²) < 4.78 is 33.4. The Balaban J connectivity index is 1.61. The van der Waals surface area contributed by atoms with Gasteiger partial charge >= 0.3 is 0 Å². The Morgan fingerprint density at radius 2 is 1.62 bits per heavy atom. The van der Waals surface area contributed by atoms with Gasteiger partial charge in [-0.2, -0.15) is 4.31 Å². The van der Waals surface area contributed by atoms with E-state index in [-0.39, 0.29) is 6.17 Å². The number of nitrogens with zero attached hydrogens (tertiary/aromatic N) is 2. The van der Waals surface area contributed by atoms with Crippen molar-refractivity contribution >= 4 is 10.0 Å². The number of sulfonamides is 1. The molecule has 32 heavy (non-hydrogen) atoms. The molecule has 1 heterocycles. The van der Waals surface area contributed by atoms with Crippen LogP contribution in [0.15, 0.2) is 59.5 Å². The second-order valence-electron chi connectivity index (χ2n) is 8.83. The van der Waals surface area contributed by atoms with Crippen molar-refractivity contribution in [2.45, 2.75) is 44.8 Å². The van der Waals surface area contributed by atoms with Crippen molar-refractivity contribution in [3.63, 3.8) is 0 Å². The van der Waals surface area contributed by atoms with Crippen LogP contribution in [-0.4, -0.2) is 63.2 Å². The van der Waals surface area contributed by atoms with Gasteiger partial charge in [-0.1, -0.05) is 56.3 Å². The molecule has 1 fully saturated rings. The molecule has 7 heteroatoms. The number of aryl methyl sites for hydroxylation is 1. The number of hydrogen-bond acceptors (Lipinski definition) is 5. The maximum atomic E-state index is 13.0. The fourth-order valence-electron chi connectivity index (χ4n) is 3.96. The van der Waals surface area contributed by atoms with Gasteiger partial charge in [0.1, 0.15) is 0 Å². The van der Waals surface area contributed by atoms with E-state index in [1.165, 1.54) is 11.1 Å². The minimum Gasteiger partial charge on any atom is -0.381 e. The molecule has 1 aliphatic heterocycles. The SMILES string of the molecule is Cc1ccccc1CNC(CCOCC(C)C)N1CCN(S(=O)(=O)c2ccccc2)CC1. The Hall–Kier alpha value is -1.77. The first-order valence-electron chi connectivity index (χ1n) is 11.5. The molecule has 1 atom stereocenters. The van der Waals surface area contributed by atoms with E-state index >= 15 is 0 Å². The maximum Gasteiger partial charge on any atom is 0.243 e. The Bertz CT molecular complexity index is 926. The van der Waals surface area contributed by atoms with Crippen molar-refractivity contribution < 1.29 is 13.2 Å². The maximum absolute atomic E-state index is 13.0. The third kappa shape index (κ3) is 6.86. The molecule has 1 N–H and O–H groups in total. The van der Waals surface area contributed by atoms with Crippen molar-refractivity contribution in [1.29, 1.82) is 0 Å². The summed E-state index contributed by atoms with van der Waals surface area (Å²) in [5.41, 5.74) is 2.56. The Kier molecular flexibility index (Phi) is 9.25. The monoisotopic (exact) mass is 459 g/mol. The third-order valence-corrected chi connectivity index (χ3v) is 7.78. The number of nitrogens with one attached hydrogen (secondary N) is 1. The zero-order valence-corrected chi connectivity index (χ0v) is 20.4. The normalized spacial score (nSPS) is 17.0. The summed E-state index contributed by atoms with van der Waals surface area (Å²) >= 11 is 0. The predicted octanol–water partition coefficient (Wildman–Crippen LogP) is 3.48. The number of hydrogen-bond donors (Lipinski definition) is 1. The molecule has 0 aliphatic carbocycles. The van der Waals surface area contributed by atoms with Gasteiger partial charge in [0.2, 0.25) is 10.0 Å². The van der Waals surface area contributed by atoms with E-state index in [0.29, 0.717) is 43.6 Å². The molecular weight excluding hydrogens is 422 g/mol. The van der Waals surface area contributed by atoms with E-state index in [2.05, 4.69) is 55.3 Å². The Morgan fingerprint density at radius 1 is 0.969 bits per heavy atom. The first-order chi connectivity index (χ1) is 15.4. The van der Waals surface area contributed by atoms with E-state index in [4.69, 9.17) is 4.74 Å². The number of rotatable bonds is 11. The zero-order chi connectivity index (χ0) is 23.0. The lowest BCUT2D eigenvalue weighted by Crippen LogP contribution is -2.55. The summed E-state index contributed by atoms with van der Waals surface area (Å²) in [6, 6.07) is 17.1. The molecule has 0 spiro atoms. The molecule has 2 aromatic rings. The van der Waals surface area contributed by atoms with E-state index in [0.717, 1.165) is 19.6 Å². The molecular formula is C25H37N3O3S. The van der Waals surface area contributed by atoms with Gasteiger partial charge in [-0.15, -0.1) is 0 Å². The lowest BCUT2D eigenvalue weighted by molar-refractivity contribution is 0.0579. The van der Waals surface area contributed by atoms with E-state index in [1.807, 2.05) is 6.07 Å². The van der Waals surface area contributed by atoms with E-state index < -0.39 is 10.0 Å². The molecule has 1 aliphatic rings. The van der Waals surface area contributed by atoms with Crippen LogP contribution in [0.25, 0.3) is 0 Å². The van der Waals surface area contributed by atoms with Gasteiger partial charge in [0.05, 0.1) is 11.1 Å². The van der Waals surface area contributed by atoms with Gasteiger partial charge in [-0.25, -0.2) is 8.42 Å². The first-order valence-corrected chi connectivity index (χ1v) is 13.0. The molecule has 1 saturated heterocycles. The van der Waals surface area contributed by atoms with E-state index in [9.17, 15) is 8.42 Å². The summed E-state index contributed by atoms with van der Waals surface area (Å²) in [4.78, 5) is 2.72. The van der Waals surface area contributed by atoms with Crippen LogP contribution in [0.2, 0.25) is 0 Å². The highest BCUT2D eigenvalue weighted by Gasteiger charge is 2.30. The Morgan fingerprint density at radius 3 is 2.28 bits per heavy atom. The number of ether oxygens (including phenoxy) is 1. The van der Waals surface area contributed by atoms with Crippen LogP contribution in [-0.2, 0) is 21.3 Å². The topological polar surface area (TPSA) is 61.9 Å². The highest BCUT2D eigenvalue weighted by atomic mass is 32.2. The van der Waals surface area contributed by atoms with Crippen molar-refractivity contribution in [1.82, 2.24) is 14.5 Å². The Labute approximate surface area is 193 Å². The molecule has 6 nitrogen and oxygen atoms in total. The average molecular weight is 460 g/mol. The van der Waals surface area contributed by atoms with Crippen LogP contribution >= 0.6 is 0 Å². The molecule has 0 amide bonds. The van der Waals surface area contributed by atoms with Crippen LogP contribution in [0, 0.1) is 12.8 Å². The summed E-state index contributed by atoms with van der Waals surface area (Å²) in [5, 5.41) is 3.70. The van der Waals surface area contributed by atoms with Gasteiger partial charge in [0.15, 0.2) is 0 Å². The highest BCUT2D eigenvalue weighted by molar-refractivity contribution is 7.89. The van der Waals surface area contributed by atoms with Gasteiger partial charge in [0, 0.05) is 45.9 Å². The molecule has 1 unspecified atom stereocenters. The second kappa shape index (κ2) is 11.9. The molecule has 3 rings (SSSR count). The summed E-state index contributed by atoms with van der Waals surface area (Å²) in [6.45, 7) is 11.0. The third-order valence-electron chi connectivity index (χ3n) is 5.87. The fourth-order valence-corrected chi connectivity index (χ4v) is 5.40. The largest absolute Gasteiger partial charge is 0.381 e. The minimum atomic E-state index is -3.44. The van der Waals surface area contributed by atoms with Gasteiger partial charge in [-0.3, -0.25) is 10.2 Å². The molecule has 0 aromatic heterocycles. The zero-order valence-electron chi connectivity index (χ0n) is 19.5. The molecule has 176 valence electrons. The summed E-state index contributed by atoms with van der Waals surface area (Å²) in [6.07, 6.45) is 1.01. The van der Waals surface area contributed by atoms with E-state index in [1.54, 1.807) is 28.6 Å². The summed E-state index contributed by atoms with van der Waals surface area (Å²) in [7, 11) is -3.44. The molecule has 2 aromatic carbocycles. The van der Waals surface area contributed by atoms with Crippen molar-refractivity contribution in [2.24, 2.45) is 5.92 Å². The first kappa shape index (κ1) is 24.9. The molecule has 0 radical (unpaired) electrons. The lowest BCUT2D eigenvalue weighted by Gasteiger charge is -2.39. The quantitative estimate of drug-likeness (QED) is 0.522. The predicted molar refractivity (Wildman–Crippen MR) is 129 cm³/mol. The van der Waals surface area contributed by atoms with Gasteiger partial charge in [-0.05, 0) is 42.5 Å². The van der Waals surface area contributed by atoms with Gasteiger partial charge < -0.3 is 4.74 Å². The number of benzene rings is 2. The fraction of sp³-hybridized carbons (Fsp3) is 0.520. The van der Waals surface area contributed by atoms with Crippen LogP contribution < -0.4 is 5.32 Å². The van der Waals surface area contributed by atoms with Crippen LogP contribution in [0.4, 0.5) is 0 Å². The van der Waals surface area contributed by atoms with Crippen molar-refractivity contribution in [3.05, 3.63) is 65.7 Å². The van der Waals surface area contributed by atoms with Crippen LogP contribution in [0.5, 0.6) is 0 Å². The van der Waals surface area contributed by atoms with Crippen molar-refractivity contribution in [3.8, 4) is 0 Å². The standard InChI is InChI=1S/C25H37N3O3S/c1-21(2)20-31-18-13-25(26-19-23-10-8-7-9-22(23)3)27-14-16-28(17-15-27)32(29,30)24-11-5-4-6-12-24/h4-12,21,25-26H,13-20H2,1-3H3. The second-order valence-corrected chi connectivity index (χ2v) is 10.8. The average Bonchev–Trinajstić information content (AvgIpc) is 2.80. The van der Waals surface area contributed by atoms with Crippen LogP contribution in [0.1, 0.15) is 31.4 Å². The lowest BCUT2D eigenvalue weighted by atomic mass is 10.1. The minimum absolute atomic E-state index is 0.142. The van der Waals surface area contributed by atoms with Crippen molar-refractivity contribution in [2.75, 3.05) is 39.4 Å². The molecule has 0 bridgehead atoms. The number of piperazine rings is 1. The summed E-state index contributed by atoms with van der Waals surface area (Å²) in [5.74, 6) is 0.514.